The average molecular weight is 272 g/mol. The molecule has 0 N–H and O–H groups in total. The molecular weight excluding hydrogens is 240 g/mol. The lowest BCUT2D eigenvalue weighted by Crippen LogP contribution is -2.47. The van der Waals surface area contributed by atoms with Gasteiger partial charge in [0, 0.05) is 0 Å². The second-order valence-electron chi connectivity index (χ2n) is 9.91. The summed E-state index contributed by atoms with van der Waals surface area (Å²) in [6.45, 7) is 17.4. The van der Waals surface area contributed by atoms with Crippen molar-refractivity contribution in [2.24, 2.45) is 39.4 Å². The molecule has 0 heteroatoms. The van der Waals surface area contributed by atoms with Gasteiger partial charge in [-0.15, -0.1) is 0 Å². The van der Waals surface area contributed by atoms with Crippen molar-refractivity contribution in [1.82, 2.24) is 0 Å². The Morgan fingerprint density at radius 1 is 1.00 bits per heavy atom. The molecule has 4 aliphatic rings. The van der Waals surface area contributed by atoms with E-state index >= 15 is 0 Å². The van der Waals surface area contributed by atoms with Crippen LogP contribution in [0.1, 0.15) is 73.1 Å². The van der Waals surface area contributed by atoms with E-state index in [2.05, 4.69) is 41.2 Å². The van der Waals surface area contributed by atoms with E-state index in [0.29, 0.717) is 21.7 Å². The summed E-state index contributed by atoms with van der Waals surface area (Å²) in [6, 6.07) is 0. The summed E-state index contributed by atoms with van der Waals surface area (Å²) in [6.07, 6.45) is 8.84. The van der Waals surface area contributed by atoms with E-state index in [-0.39, 0.29) is 0 Å². The molecule has 0 saturated heterocycles. The number of rotatable bonds is 1. The SMILES string of the molecule is C=C1C2CCC(C3CC4CCC3(C)C4(C)C)(C2)C1(C)C. The van der Waals surface area contributed by atoms with Crippen molar-refractivity contribution in [2.45, 2.75) is 73.1 Å². The van der Waals surface area contributed by atoms with Gasteiger partial charge in [0.1, 0.15) is 0 Å². The molecule has 0 aromatic heterocycles. The lowest BCUT2D eigenvalue weighted by atomic mass is 9.50. The van der Waals surface area contributed by atoms with Crippen LogP contribution in [0.15, 0.2) is 12.2 Å². The highest BCUT2D eigenvalue weighted by Crippen LogP contribution is 2.79. The fourth-order valence-electron chi connectivity index (χ4n) is 7.56. The Balaban J connectivity index is 1.82. The second-order valence-corrected chi connectivity index (χ2v) is 9.91. The van der Waals surface area contributed by atoms with Gasteiger partial charge < -0.3 is 0 Å². The molecule has 4 bridgehead atoms. The van der Waals surface area contributed by atoms with Crippen LogP contribution in [0.2, 0.25) is 0 Å². The quantitative estimate of drug-likeness (QED) is 0.527. The third-order valence-electron chi connectivity index (χ3n) is 9.55. The zero-order chi connectivity index (χ0) is 14.6. The molecule has 0 amide bonds. The van der Waals surface area contributed by atoms with Gasteiger partial charge in [-0.1, -0.05) is 46.8 Å². The third kappa shape index (κ3) is 1.12. The molecule has 4 rings (SSSR count). The van der Waals surface area contributed by atoms with Crippen LogP contribution in [-0.2, 0) is 0 Å². The van der Waals surface area contributed by atoms with Crippen LogP contribution in [-0.4, -0.2) is 0 Å². The molecule has 20 heavy (non-hydrogen) atoms. The highest BCUT2D eigenvalue weighted by atomic mass is 14.8. The van der Waals surface area contributed by atoms with E-state index in [0.717, 1.165) is 17.8 Å². The van der Waals surface area contributed by atoms with E-state index in [1.54, 1.807) is 5.57 Å². The molecule has 0 radical (unpaired) electrons. The van der Waals surface area contributed by atoms with Gasteiger partial charge in [-0.3, -0.25) is 0 Å². The second kappa shape index (κ2) is 3.39. The molecule has 0 aromatic rings. The molecule has 0 aliphatic heterocycles. The van der Waals surface area contributed by atoms with E-state index < -0.39 is 0 Å². The Hall–Kier alpha value is -0.260. The minimum absolute atomic E-state index is 0.379. The standard InChI is InChI=1S/C20H32/c1-13-14-7-10-20(12-14,17(13,2)3)16-11-15-8-9-19(16,6)18(15,4)5/h14-16H,1,7-12H2,2-6H3. The molecule has 5 unspecified atom stereocenters. The van der Waals surface area contributed by atoms with Gasteiger partial charge >= 0.3 is 0 Å². The predicted octanol–water partition coefficient (Wildman–Crippen LogP) is 5.83. The van der Waals surface area contributed by atoms with E-state index in [4.69, 9.17) is 0 Å². The molecule has 4 fully saturated rings. The highest BCUT2D eigenvalue weighted by Gasteiger charge is 2.71. The molecular formula is C20H32. The topological polar surface area (TPSA) is 0 Å². The smallest absolute Gasteiger partial charge is 0.00851 e. The number of fused-ring (bicyclic) bond motifs is 4. The zero-order valence-electron chi connectivity index (χ0n) is 14.2. The maximum absolute atomic E-state index is 4.53. The summed E-state index contributed by atoms with van der Waals surface area (Å²) in [7, 11) is 0. The summed E-state index contributed by atoms with van der Waals surface area (Å²) >= 11 is 0. The van der Waals surface area contributed by atoms with Gasteiger partial charge in [0.05, 0.1) is 0 Å². The van der Waals surface area contributed by atoms with Gasteiger partial charge in [0.25, 0.3) is 0 Å². The van der Waals surface area contributed by atoms with Crippen molar-refractivity contribution in [3.63, 3.8) is 0 Å². The molecule has 0 nitrogen and oxygen atoms in total. The summed E-state index contributed by atoms with van der Waals surface area (Å²) in [5.74, 6) is 2.77. The molecule has 5 atom stereocenters. The molecule has 0 aromatic carbocycles. The first-order chi connectivity index (χ1) is 9.17. The molecule has 112 valence electrons. The summed E-state index contributed by atoms with van der Waals surface area (Å²) < 4.78 is 0. The number of hydrogen-bond acceptors (Lipinski definition) is 0. The first kappa shape index (κ1) is 13.4. The molecule has 0 spiro atoms. The van der Waals surface area contributed by atoms with Crippen molar-refractivity contribution in [3.05, 3.63) is 12.2 Å². The van der Waals surface area contributed by atoms with E-state index in [9.17, 15) is 0 Å². The van der Waals surface area contributed by atoms with Gasteiger partial charge in [-0.2, -0.15) is 0 Å². The van der Waals surface area contributed by atoms with Crippen molar-refractivity contribution in [2.75, 3.05) is 0 Å². The van der Waals surface area contributed by atoms with Gasteiger partial charge in [-0.25, -0.2) is 0 Å². The van der Waals surface area contributed by atoms with Crippen LogP contribution in [0.4, 0.5) is 0 Å². The summed E-state index contributed by atoms with van der Waals surface area (Å²) in [5.41, 5.74) is 3.69. The first-order valence-electron chi connectivity index (χ1n) is 8.86. The van der Waals surface area contributed by atoms with Crippen LogP contribution in [0.5, 0.6) is 0 Å². The van der Waals surface area contributed by atoms with Gasteiger partial charge in [-0.05, 0) is 77.9 Å². The third-order valence-corrected chi connectivity index (χ3v) is 9.55. The average Bonchev–Trinajstić information content (AvgIpc) is 3.00. The predicted molar refractivity (Wildman–Crippen MR) is 85.4 cm³/mol. The van der Waals surface area contributed by atoms with Crippen LogP contribution in [0.25, 0.3) is 0 Å². The Bertz CT molecular complexity index is 482. The van der Waals surface area contributed by atoms with Crippen molar-refractivity contribution >= 4 is 0 Å². The molecule has 0 heterocycles. The normalized spacial score (nSPS) is 54.9. The first-order valence-corrected chi connectivity index (χ1v) is 8.86. The van der Waals surface area contributed by atoms with Crippen molar-refractivity contribution < 1.29 is 0 Å². The lowest BCUT2D eigenvalue weighted by Gasteiger charge is -2.54. The fourth-order valence-corrected chi connectivity index (χ4v) is 7.56. The maximum atomic E-state index is 4.53. The van der Waals surface area contributed by atoms with Gasteiger partial charge in [0.2, 0.25) is 0 Å². The molecule has 4 saturated carbocycles. The van der Waals surface area contributed by atoms with Crippen LogP contribution >= 0.6 is 0 Å². The number of hydrogen-bond donors (Lipinski definition) is 0. The van der Waals surface area contributed by atoms with E-state index in [1.807, 2.05) is 0 Å². The Morgan fingerprint density at radius 3 is 2.15 bits per heavy atom. The maximum Gasteiger partial charge on any atom is -0.00851 e. The number of allylic oxidation sites excluding steroid dienone is 1. The Morgan fingerprint density at radius 2 is 1.70 bits per heavy atom. The fraction of sp³-hybridized carbons (Fsp3) is 0.900. The minimum Gasteiger partial charge on any atom is -0.0990 e. The minimum atomic E-state index is 0.379. The highest BCUT2D eigenvalue weighted by molar-refractivity contribution is 5.31. The van der Waals surface area contributed by atoms with Crippen molar-refractivity contribution in [1.29, 1.82) is 0 Å². The Labute approximate surface area is 125 Å². The van der Waals surface area contributed by atoms with Crippen LogP contribution < -0.4 is 0 Å². The summed E-state index contributed by atoms with van der Waals surface area (Å²) in [5, 5.41) is 0. The van der Waals surface area contributed by atoms with Crippen molar-refractivity contribution in [3.8, 4) is 0 Å². The van der Waals surface area contributed by atoms with Crippen LogP contribution in [0.3, 0.4) is 0 Å². The molecule has 4 aliphatic carbocycles. The monoisotopic (exact) mass is 272 g/mol. The lowest BCUT2D eigenvalue weighted by molar-refractivity contribution is -0.0410. The summed E-state index contributed by atoms with van der Waals surface area (Å²) in [4.78, 5) is 0. The Kier molecular flexibility index (Phi) is 2.27. The van der Waals surface area contributed by atoms with Gasteiger partial charge in [0.15, 0.2) is 0 Å². The zero-order valence-corrected chi connectivity index (χ0v) is 14.2. The van der Waals surface area contributed by atoms with Crippen LogP contribution in [0, 0.1) is 39.4 Å². The van der Waals surface area contributed by atoms with E-state index in [1.165, 1.54) is 38.5 Å². The largest absolute Gasteiger partial charge is 0.0990 e.